The highest BCUT2D eigenvalue weighted by Gasteiger charge is 2.24. The number of nitrogens with one attached hydrogen (secondary N) is 2. The molecule has 1 saturated heterocycles. The minimum atomic E-state index is 0. The van der Waals surface area contributed by atoms with Crippen LogP contribution in [0, 0.1) is 0 Å². The molecule has 9 heteroatoms. The first kappa shape index (κ1) is 26.5. The number of hydrogen-bond acceptors (Lipinski definition) is 6. The molecule has 0 spiro atoms. The lowest BCUT2D eigenvalue weighted by Gasteiger charge is -2.27. The Kier molecular flexibility index (Phi) is 11.4. The van der Waals surface area contributed by atoms with Gasteiger partial charge < -0.3 is 24.8 Å². The average molecular weight is 575 g/mol. The number of hydrogen-bond donors (Lipinski definition) is 2. The van der Waals surface area contributed by atoms with Gasteiger partial charge in [-0.05, 0) is 62.0 Å². The molecule has 1 aromatic heterocycles. The molecule has 178 valence electrons. The predicted octanol–water partition coefficient (Wildman–Crippen LogP) is 4.28. The van der Waals surface area contributed by atoms with E-state index < -0.39 is 0 Å². The minimum Gasteiger partial charge on any atom is -0.493 e. The summed E-state index contributed by atoms with van der Waals surface area (Å²) in [6.45, 7) is 6.51. The van der Waals surface area contributed by atoms with Crippen LogP contribution in [-0.2, 0) is 6.54 Å². The van der Waals surface area contributed by atoms with Gasteiger partial charge in [0, 0.05) is 18.0 Å². The fourth-order valence-corrected chi connectivity index (χ4v) is 4.74. The van der Waals surface area contributed by atoms with E-state index in [4.69, 9.17) is 19.2 Å². The lowest BCUT2D eigenvalue weighted by molar-refractivity contribution is 0.249. The highest BCUT2D eigenvalue weighted by atomic mass is 127. The predicted molar refractivity (Wildman–Crippen MR) is 142 cm³/mol. The van der Waals surface area contributed by atoms with Gasteiger partial charge in [0.05, 0.1) is 33.9 Å². The Morgan fingerprint density at radius 3 is 2.31 bits per heavy atom. The van der Waals surface area contributed by atoms with Crippen molar-refractivity contribution in [2.24, 2.45) is 4.99 Å². The normalized spacial score (nSPS) is 15.1. The van der Waals surface area contributed by atoms with Gasteiger partial charge in [-0.3, -0.25) is 4.90 Å². The number of benzene rings is 1. The van der Waals surface area contributed by atoms with Crippen LogP contribution in [0.25, 0.3) is 0 Å². The Hall–Kier alpha value is -1.72. The number of nitrogens with zero attached hydrogens (tertiary/aromatic N) is 2. The average Bonchev–Trinajstić information content (AvgIpc) is 3.51. The van der Waals surface area contributed by atoms with Crippen LogP contribution in [0.1, 0.15) is 36.2 Å². The van der Waals surface area contributed by atoms with Gasteiger partial charge in [-0.15, -0.1) is 35.3 Å². The van der Waals surface area contributed by atoms with Crippen LogP contribution in [0.3, 0.4) is 0 Å². The second-order valence-corrected chi connectivity index (χ2v) is 8.36. The third-order valence-electron chi connectivity index (χ3n) is 5.40. The third kappa shape index (κ3) is 6.89. The molecule has 7 nitrogen and oxygen atoms in total. The van der Waals surface area contributed by atoms with Crippen LogP contribution >= 0.6 is 35.3 Å². The standard InChI is InChI=1S/C23H34N4O3S.HI/c1-5-24-23(25-15-17-13-19(28-2)22(30-4)20(14-17)29-3)26-16-18(21-9-8-12-31-21)27-10-6-7-11-27;/h8-9,12-14,18H,5-7,10-11,15-16H2,1-4H3,(H2,24,25,26);1H. The molecule has 3 rings (SSSR count). The minimum absolute atomic E-state index is 0. The Morgan fingerprint density at radius 1 is 1.09 bits per heavy atom. The number of thiophene rings is 1. The monoisotopic (exact) mass is 574 g/mol. The van der Waals surface area contributed by atoms with Gasteiger partial charge in [-0.1, -0.05) is 6.07 Å². The SMILES string of the molecule is CCNC(=NCc1cc(OC)c(OC)c(OC)c1)NCC(c1cccs1)N1CCCC1.I. The van der Waals surface area contributed by atoms with Crippen LogP contribution < -0.4 is 24.8 Å². The molecule has 1 aliphatic rings. The Labute approximate surface area is 212 Å². The second kappa shape index (κ2) is 13.7. The van der Waals surface area contributed by atoms with Crippen molar-refractivity contribution in [1.29, 1.82) is 0 Å². The second-order valence-electron chi connectivity index (χ2n) is 7.38. The van der Waals surface area contributed by atoms with Gasteiger partial charge in [0.1, 0.15) is 0 Å². The van der Waals surface area contributed by atoms with Gasteiger partial charge >= 0.3 is 0 Å². The van der Waals surface area contributed by atoms with E-state index in [1.54, 1.807) is 21.3 Å². The number of halogens is 1. The highest BCUT2D eigenvalue weighted by Crippen LogP contribution is 2.38. The molecule has 2 aromatic rings. The van der Waals surface area contributed by atoms with Crippen LogP contribution in [0.5, 0.6) is 17.2 Å². The van der Waals surface area contributed by atoms with Crippen molar-refractivity contribution in [1.82, 2.24) is 15.5 Å². The lowest BCUT2D eigenvalue weighted by atomic mass is 10.2. The van der Waals surface area contributed by atoms with E-state index in [1.165, 1.54) is 17.7 Å². The van der Waals surface area contributed by atoms with E-state index in [2.05, 4.69) is 40.0 Å². The van der Waals surface area contributed by atoms with Gasteiger partial charge in [-0.2, -0.15) is 0 Å². The first-order valence-corrected chi connectivity index (χ1v) is 11.7. The molecule has 0 aliphatic carbocycles. The molecule has 0 amide bonds. The van der Waals surface area contributed by atoms with Crippen LogP contribution in [0.2, 0.25) is 0 Å². The summed E-state index contributed by atoms with van der Waals surface area (Å²) in [6, 6.07) is 8.61. The first-order valence-electron chi connectivity index (χ1n) is 10.8. The number of likely N-dealkylation sites (tertiary alicyclic amines) is 1. The van der Waals surface area contributed by atoms with Crippen molar-refractivity contribution >= 4 is 41.3 Å². The summed E-state index contributed by atoms with van der Waals surface area (Å²) < 4.78 is 16.3. The molecule has 1 atom stereocenters. The third-order valence-corrected chi connectivity index (χ3v) is 6.38. The number of rotatable bonds is 10. The molecule has 1 fully saturated rings. The van der Waals surface area contributed by atoms with E-state index in [0.29, 0.717) is 29.8 Å². The summed E-state index contributed by atoms with van der Waals surface area (Å²) in [6.07, 6.45) is 2.55. The van der Waals surface area contributed by atoms with Gasteiger partial charge in [0.2, 0.25) is 5.75 Å². The fourth-order valence-electron chi connectivity index (χ4n) is 3.88. The fraction of sp³-hybridized carbons (Fsp3) is 0.522. The van der Waals surface area contributed by atoms with Gasteiger partial charge in [-0.25, -0.2) is 4.99 Å². The van der Waals surface area contributed by atoms with E-state index in [0.717, 1.165) is 37.7 Å². The molecule has 2 N–H and O–H groups in total. The van der Waals surface area contributed by atoms with Crippen LogP contribution in [0.15, 0.2) is 34.6 Å². The topological polar surface area (TPSA) is 67.4 Å². The zero-order valence-electron chi connectivity index (χ0n) is 19.3. The molecule has 0 saturated carbocycles. The summed E-state index contributed by atoms with van der Waals surface area (Å²) in [4.78, 5) is 8.77. The molecule has 32 heavy (non-hydrogen) atoms. The van der Waals surface area contributed by atoms with Crippen molar-refractivity contribution in [3.05, 3.63) is 40.1 Å². The maximum absolute atomic E-state index is 5.46. The number of aliphatic imine (C=N–C) groups is 1. The quantitative estimate of drug-likeness (QED) is 0.251. The summed E-state index contributed by atoms with van der Waals surface area (Å²) in [5.41, 5.74) is 0.987. The highest BCUT2D eigenvalue weighted by molar-refractivity contribution is 14.0. The Morgan fingerprint density at radius 2 is 1.78 bits per heavy atom. The zero-order valence-corrected chi connectivity index (χ0v) is 22.5. The summed E-state index contributed by atoms with van der Waals surface area (Å²) in [7, 11) is 4.86. The molecular weight excluding hydrogens is 539 g/mol. The maximum atomic E-state index is 5.46. The summed E-state index contributed by atoms with van der Waals surface area (Å²) in [5.74, 6) is 2.66. The first-order chi connectivity index (χ1) is 15.2. The van der Waals surface area contributed by atoms with Crippen molar-refractivity contribution in [3.8, 4) is 17.2 Å². The Bertz CT molecular complexity index is 817. The molecule has 0 bridgehead atoms. The van der Waals surface area contributed by atoms with Crippen molar-refractivity contribution < 1.29 is 14.2 Å². The molecule has 2 heterocycles. The smallest absolute Gasteiger partial charge is 0.203 e. The van der Waals surface area contributed by atoms with Gasteiger partial charge in [0.15, 0.2) is 17.5 Å². The van der Waals surface area contributed by atoms with Crippen LogP contribution in [0.4, 0.5) is 0 Å². The van der Waals surface area contributed by atoms with Crippen LogP contribution in [-0.4, -0.2) is 58.4 Å². The number of methoxy groups -OCH3 is 3. The summed E-state index contributed by atoms with van der Waals surface area (Å²) in [5, 5.41) is 9.07. The van der Waals surface area contributed by atoms with E-state index in [9.17, 15) is 0 Å². The van der Waals surface area contributed by atoms with Crippen molar-refractivity contribution in [2.75, 3.05) is 47.5 Å². The number of guanidine groups is 1. The van der Waals surface area contributed by atoms with E-state index in [-0.39, 0.29) is 24.0 Å². The molecule has 1 aromatic carbocycles. The number of ether oxygens (including phenoxy) is 3. The maximum Gasteiger partial charge on any atom is 0.203 e. The van der Waals surface area contributed by atoms with E-state index >= 15 is 0 Å². The summed E-state index contributed by atoms with van der Waals surface area (Å²) >= 11 is 1.82. The zero-order chi connectivity index (χ0) is 22.1. The Balaban J connectivity index is 0.00000363. The molecular formula is C23H35IN4O3S. The van der Waals surface area contributed by atoms with Gasteiger partial charge in [0.25, 0.3) is 0 Å². The van der Waals surface area contributed by atoms with Crippen molar-refractivity contribution in [3.63, 3.8) is 0 Å². The largest absolute Gasteiger partial charge is 0.493 e. The van der Waals surface area contributed by atoms with E-state index in [1.807, 2.05) is 23.5 Å². The molecule has 1 aliphatic heterocycles. The van der Waals surface area contributed by atoms with Crippen molar-refractivity contribution in [2.45, 2.75) is 32.4 Å². The molecule has 0 radical (unpaired) electrons. The molecule has 1 unspecified atom stereocenters. The lowest BCUT2D eigenvalue weighted by Crippen LogP contribution is -2.42.